The Balaban J connectivity index is -0.000000219. The highest BCUT2D eigenvalue weighted by atomic mass is 16.5. The van der Waals surface area contributed by atoms with Gasteiger partial charge in [0.25, 0.3) is 0 Å². The van der Waals surface area contributed by atoms with Gasteiger partial charge in [0, 0.05) is 28.0 Å². The maximum Gasteiger partial charge on any atom is 0.305 e. The molecule has 6 heteroatoms. The molecule has 0 amide bonds. The van der Waals surface area contributed by atoms with Crippen molar-refractivity contribution in [2.45, 2.75) is 233 Å². The first-order valence-electron chi connectivity index (χ1n) is 20.8. The Bertz CT molecular complexity index is 559. The molecule has 0 bridgehead atoms. The Labute approximate surface area is 302 Å². The second-order valence-electron chi connectivity index (χ2n) is 13.2. The zero-order valence-corrected chi connectivity index (χ0v) is 33.6. The summed E-state index contributed by atoms with van der Waals surface area (Å²) in [4.78, 5) is 22.3. The van der Waals surface area contributed by atoms with E-state index in [9.17, 15) is 9.59 Å². The fourth-order valence-electron chi connectivity index (χ4n) is 5.24. The predicted molar refractivity (Wildman–Crippen MR) is 211 cm³/mol. The van der Waals surface area contributed by atoms with E-state index in [0.29, 0.717) is 26.1 Å². The molecule has 0 aromatic rings. The molecule has 0 aromatic carbocycles. The number of rotatable bonds is 33. The third kappa shape index (κ3) is 60.2. The highest BCUT2D eigenvalue weighted by molar-refractivity contribution is 5.69. The van der Waals surface area contributed by atoms with Crippen LogP contribution in [0.4, 0.5) is 0 Å². The molecule has 294 valence electrons. The highest BCUT2D eigenvalue weighted by Crippen LogP contribution is 2.14. The van der Waals surface area contributed by atoms with Crippen molar-refractivity contribution in [3.05, 3.63) is 0 Å². The molecule has 0 radical (unpaired) electrons. The Morgan fingerprint density at radius 3 is 0.938 bits per heavy atom. The molecule has 0 aliphatic heterocycles. The van der Waals surface area contributed by atoms with Crippen molar-refractivity contribution in [1.29, 1.82) is 0 Å². The highest BCUT2D eigenvalue weighted by Gasteiger charge is 2.02. The average molecular weight is 692 g/mol. The van der Waals surface area contributed by atoms with Gasteiger partial charge in [0.15, 0.2) is 0 Å². The van der Waals surface area contributed by atoms with E-state index < -0.39 is 0 Å². The van der Waals surface area contributed by atoms with Crippen molar-refractivity contribution in [2.75, 3.05) is 27.4 Å². The van der Waals surface area contributed by atoms with E-state index in [1.165, 1.54) is 161 Å². The Morgan fingerprint density at radius 1 is 0.417 bits per heavy atom. The van der Waals surface area contributed by atoms with Crippen LogP contribution in [-0.4, -0.2) is 49.6 Å². The van der Waals surface area contributed by atoms with E-state index in [0.717, 1.165) is 45.6 Å². The van der Waals surface area contributed by atoms with Crippen LogP contribution in [0.5, 0.6) is 0 Å². The number of aliphatic hydroxyl groups excluding tert-OH is 2. The lowest BCUT2D eigenvalue weighted by molar-refractivity contribution is -0.144. The SMILES string of the molecule is CCCCCCCCCCCCCCCC(=O)OC.CCCCCCCCCCCCCCCC(=O)OCCCC.CCCCO.CO.[2HH]. The number of hydrogen-bond donors (Lipinski definition) is 2. The van der Waals surface area contributed by atoms with Gasteiger partial charge in [0.2, 0.25) is 0 Å². The minimum absolute atomic E-state index is 0. The lowest BCUT2D eigenvalue weighted by Gasteiger charge is -2.04. The van der Waals surface area contributed by atoms with E-state index >= 15 is 0 Å². The molecule has 0 spiro atoms. The van der Waals surface area contributed by atoms with Crippen LogP contribution in [0.25, 0.3) is 0 Å². The molecule has 48 heavy (non-hydrogen) atoms. The standard InChI is InChI=1S/C20H40O2.C17H34O2.C4H10O.CH4O.H2/c1-3-5-7-8-9-10-11-12-13-14-15-16-17-18-20(21)22-19-6-4-2;1-3-4-5-6-7-8-9-10-11-12-13-14-15-16-17(18)19-2;1-2-3-4-5;1-2;/h3-19H2,1-2H3;3-16H2,1-2H3;5H,2-4H2,1H3;2H,1H3;1H/i;;;;1+1. The molecule has 0 saturated heterocycles. The Kier molecular flexibility index (Phi) is 61.8. The summed E-state index contributed by atoms with van der Waals surface area (Å²) < 4.78 is 9.77. The first-order chi connectivity index (χ1) is 23.5. The van der Waals surface area contributed by atoms with Crippen LogP contribution in [0.2, 0.25) is 0 Å². The molecular formula is C42H90O6. The normalized spacial score (nSPS) is 10.2. The van der Waals surface area contributed by atoms with Gasteiger partial charge in [-0.25, -0.2) is 0 Å². The predicted octanol–water partition coefficient (Wildman–Crippen LogP) is 13.1. The van der Waals surface area contributed by atoms with Crippen LogP contribution >= 0.6 is 0 Å². The van der Waals surface area contributed by atoms with Gasteiger partial charge in [-0.15, -0.1) is 0 Å². The number of ether oxygens (including phenoxy) is 2. The molecule has 0 rings (SSSR count). The monoisotopic (exact) mass is 692 g/mol. The third-order valence-electron chi connectivity index (χ3n) is 8.47. The third-order valence-corrected chi connectivity index (χ3v) is 8.47. The van der Waals surface area contributed by atoms with Crippen LogP contribution < -0.4 is 0 Å². The number of hydrogen-bond acceptors (Lipinski definition) is 6. The van der Waals surface area contributed by atoms with Crippen molar-refractivity contribution in [1.82, 2.24) is 0 Å². The van der Waals surface area contributed by atoms with Crippen LogP contribution in [0.15, 0.2) is 0 Å². The fourth-order valence-corrected chi connectivity index (χ4v) is 5.24. The summed E-state index contributed by atoms with van der Waals surface area (Å²) in [6.07, 6.45) is 40.2. The Morgan fingerprint density at radius 2 is 0.688 bits per heavy atom. The van der Waals surface area contributed by atoms with Gasteiger partial charge in [0.05, 0.1) is 13.7 Å². The fraction of sp³-hybridized carbons (Fsp3) is 0.952. The molecule has 0 aliphatic rings. The summed E-state index contributed by atoms with van der Waals surface area (Å²) in [6, 6.07) is 0. The summed E-state index contributed by atoms with van der Waals surface area (Å²) in [5.74, 6) is -0.0698. The quantitative estimate of drug-likeness (QED) is 0.0525. The van der Waals surface area contributed by atoms with Crippen molar-refractivity contribution < 1.29 is 30.7 Å². The number of esters is 2. The van der Waals surface area contributed by atoms with E-state index in [1.54, 1.807) is 0 Å². The first-order valence-corrected chi connectivity index (χ1v) is 20.8. The van der Waals surface area contributed by atoms with Crippen molar-refractivity contribution in [2.24, 2.45) is 0 Å². The van der Waals surface area contributed by atoms with Gasteiger partial charge in [0.1, 0.15) is 0 Å². The van der Waals surface area contributed by atoms with Gasteiger partial charge in [-0.05, 0) is 25.7 Å². The smallest absolute Gasteiger partial charge is 0.305 e. The van der Waals surface area contributed by atoms with Crippen molar-refractivity contribution in [3.63, 3.8) is 0 Å². The summed E-state index contributed by atoms with van der Waals surface area (Å²) in [6.45, 7) is 9.65. The lowest BCUT2D eigenvalue weighted by atomic mass is 10.0. The molecule has 0 saturated carbocycles. The number of methoxy groups -OCH3 is 1. The number of aliphatic hydroxyl groups is 2. The molecule has 0 atom stereocenters. The summed E-state index contributed by atoms with van der Waals surface area (Å²) in [5.41, 5.74) is 0. The first kappa shape index (κ1) is 53.6. The molecule has 0 aliphatic carbocycles. The minimum Gasteiger partial charge on any atom is -0.469 e. The van der Waals surface area contributed by atoms with Crippen molar-refractivity contribution >= 4 is 11.9 Å². The van der Waals surface area contributed by atoms with Crippen LogP contribution in [0.1, 0.15) is 235 Å². The topological polar surface area (TPSA) is 93.1 Å². The lowest BCUT2D eigenvalue weighted by Crippen LogP contribution is -2.05. The van der Waals surface area contributed by atoms with Gasteiger partial charge in [-0.1, -0.05) is 195 Å². The molecule has 0 aromatic heterocycles. The van der Waals surface area contributed by atoms with Crippen LogP contribution in [0.3, 0.4) is 0 Å². The summed E-state index contributed by atoms with van der Waals surface area (Å²) in [7, 11) is 2.46. The maximum absolute atomic E-state index is 11.4. The molecule has 0 unspecified atom stereocenters. The molecular weight excluding hydrogens is 600 g/mol. The van der Waals surface area contributed by atoms with Gasteiger partial charge >= 0.3 is 11.9 Å². The van der Waals surface area contributed by atoms with Crippen LogP contribution in [-0.2, 0) is 19.1 Å². The largest absolute Gasteiger partial charge is 0.469 e. The van der Waals surface area contributed by atoms with Gasteiger partial charge in [-0.2, -0.15) is 0 Å². The zero-order chi connectivity index (χ0) is 36.6. The number of carbonyl (C=O) groups is 2. The van der Waals surface area contributed by atoms with E-state index in [2.05, 4.69) is 32.4 Å². The number of unbranched alkanes of at least 4 members (excludes halogenated alkanes) is 26. The second-order valence-corrected chi connectivity index (χ2v) is 13.2. The summed E-state index contributed by atoms with van der Waals surface area (Å²) in [5, 5.41) is 15.1. The van der Waals surface area contributed by atoms with E-state index in [-0.39, 0.29) is 13.4 Å². The molecule has 6 nitrogen and oxygen atoms in total. The van der Waals surface area contributed by atoms with Gasteiger partial charge in [-0.3, -0.25) is 9.59 Å². The zero-order valence-electron chi connectivity index (χ0n) is 33.6. The van der Waals surface area contributed by atoms with Crippen molar-refractivity contribution in [3.8, 4) is 0 Å². The minimum atomic E-state index is -0.0666. The molecule has 0 fully saturated rings. The van der Waals surface area contributed by atoms with Gasteiger partial charge < -0.3 is 19.7 Å². The second kappa shape index (κ2) is 55.3. The maximum atomic E-state index is 11.4. The van der Waals surface area contributed by atoms with Crippen LogP contribution in [0, 0.1) is 0 Å². The number of carbonyl (C=O) groups excluding carboxylic acids is 2. The van der Waals surface area contributed by atoms with E-state index in [4.69, 9.17) is 14.9 Å². The van der Waals surface area contributed by atoms with E-state index in [1.807, 2.05) is 0 Å². The average Bonchev–Trinajstić information content (AvgIpc) is 3.10. The Hall–Kier alpha value is -1.14. The summed E-state index contributed by atoms with van der Waals surface area (Å²) >= 11 is 0. The molecule has 2 N–H and O–H groups in total. The molecule has 0 heterocycles.